The minimum Gasteiger partial charge on any atom is -0.785 e. The van der Waals surface area contributed by atoms with E-state index >= 15 is 0 Å². The van der Waals surface area contributed by atoms with E-state index in [-0.39, 0.29) is 29.2 Å². The van der Waals surface area contributed by atoms with E-state index in [1.54, 1.807) is 0 Å². The van der Waals surface area contributed by atoms with Gasteiger partial charge in [0.15, 0.2) is 0 Å². The summed E-state index contributed by atoms with van der Waals surface area (Å²) in [4.78, 5) is 21.0. The number of hydroxylamine groups is 2. The highest BCUT2D eigenvalue weighted by molar-refractivity contribution is 9.10. The monoisotopic (exact) mass is 560 g/mol. The van der Waals surface area contributed by atoms with Crippen LogP contribution in [-0.4, -0.2) is 53.9 Å². The normalized spacial score (nSPS) is 31.8. The Hall–Kier alpha value is -1.44. The zero-order valence-corrected chi connectivity index (χ0v) is 24.0. The van der Waals surface area contributed by atoms with Crippen molar-refractivity contribution in [1.82, 2.24) is 9.96 Å². The molecule has 1 aliphatic carbocycles. The van der Waals surface area contributed by atoms with Gasteiger partial charge in [-0.15, -0.1) is 0 Å². The summed E-state index contributed by atoms with van der Waals surface area (Å²) in [5.41, 5.74) is 2.50. The van der Waals surface area contributed by atoms with Crippen LogP contribution >= 0.6 is 15.9 Å². The van der Waals surface area contributed by atoms with Crippen molar-refractivity contribution in [2.24, 2.45) is 34.2 Å². The van der Waals surface area contributed by atoms with Crippen LogP contribution in [0.15, 0.2) is 33.9 Å². The molecule has 6 nitrogen and oxygen atoms in total. The topological polar surface area (TPSA) is 68.2 Å². The van der Waals surface area contributed by atoms with Crippen molar-refractivity contribution in [3.8, 4) is 0 Å². The van der Waals surface area contributed by atoms with E-state index in [4.69, 9.17) is 4.84 Å². The molecule has 3 aliphatic rings. The minimum atomic E-state index is -0.219. The van der Waals surface area contributed by atoms with E-state index in [1.807, 2.05) is 13.8 Å². The predicted octanol–water partition coefficient (Wildman–Crippen LogP) is 6.47. The van der Waals surface area contributed by atoms with Crippen molar-refractivity contribution in [3.05, 3.63) is 39.5 Å². The van der Waals surface area contributed by atoms with Gasteiger partial charge in [-0.2, -0.15) is 0 Å². The van der Waals surface area contributed by atoms with Gasteiger partial charge in [-0.25, -0.2) is 0 Å². The van der Waals surface area contributed by atoms with E-state index < -0.39 is 0 Å². The summed E-state index contributed by atoms with van der Waals surface area (Å²) < 4.78 is 1.07. The van der Waals surface area contributed by atoms with Gasteiger partial charge in [0.05, 0.1) is 11.6 Å². The maximum absolute atomic E-state index is 13.4. The first-order valence-electron chi connectivity index (χ1n) is 13.9. The van der Waals surface area contributed by atoms with Crippen LogP contribution in [0, 0.1) is 34.3 Å². The second kappa shape index (κ2) is 12.0. The summed E-state index contributed by atoms with van der Waals surface area (Å²) in [6.45, 7) is 11.2. The van der Waals surface area contributed by atoms with E-state index in [0.29, 0.717) is 25.0 Å². The number of piperidine rings is 2. The Labute approximate surface area is 225 Å². The molecule has 1 amide bonds. The molecule has 1 saturated carbocycles. The van der Waals surface area contributed by atoms with Crippen LogP contribution in [0.1, 0.15) is 78.2 Å². The first-order valence-corrected chi connectivity index (χ1v) is 14.7. The Bertz CT molecular complexity index is 905. The fourth-order valence-corrected chi connectivity index (χ4v) is 7.12. The van der Waals surface area contributed by atoms with Crippen molar-refractivity contribution in [2.75, 3.05) is 26.2 Å². The van der Waals surface area contributed by atoms with Crippen LogP contribution in [0.4, 0.5) is 0 Å². The van der Waals surface area contributed by atoms with Crippen LogP contribution in [0.25, 0.3) is 0 Å². The van der Waals surface area contributed by atoms with Crippen molar-refractivity contribution in [1.29, 1.82) is 0 Å². The quantitative estimate of drug-likeness (QED) is 0.295. The Morgan fingerprint density at radius 3 is 2.33 bits per heavy atom. The molecule has 7 heteroatoms. The maximum atomic E-state index is 13.4. The summed E-state index contributed by atoms with van der Waals surface area (Å²) in [6.07, 6.45) is 7.56. The van der Waals surface area contributed by atoms with Crippen molar-refractivity contribution >= 4 is 27.5 Å². The molecule has 3 atom stereocenters. The number of benzene rings is 1. The maximum Gasteiger partial charge on any atom is 0.227 e. The molecule has 0 spiro atoms. The summed E-state index contributed by atoms with van der Waals surface area (Å²) >= 11 is 3.53. The molecular formula is C29H43BrN3O3-. The van der Waals surface area contributed by atoms with Gasteiger partial charge in [-0.3, -0.25) is 4.79 Å². The Morgan fingerprint density at radius 1 is 1.08 bits per heavy atom. The highest BCUT2D eigenvalue weighted by Crippen LogP contribution is 2.47. The third kappa shape index (κ3) is 5.99. The molecule has 4 rings (SSSR count). The average molecular weight is 562 g/mol. The fraction of sp³-hybridized carbons (Fsp3) is 0.724. The number of likely N-dealkylation sites (tertiary alicyclic amines) is 1. The third-order valence-electron chi connectivity index (χ3n) is 9.43. The number of oxime groups is 1. The summed E-state index contributed by atoms with van der Waals surface area (Å²) in [5.74, 6) is 1.40. The van der Waals surface area contributed by atoms with Gasteiger partial charge < -0.3 is 20.0 Å². The molecule has 2 unspecified atom stereocenters. The first-order chi connectivity index (χ1) is 17.2. The number of halogens is 1. The molecule has 2 aliphatic heterocycles. The van der Waals surface area contributed by atoms with Crippen LogP contribution in [-0.2, 0) is 9.63 Å². The number of carbonyl (C=O) groups is 1. The zero-order chi connectivity index (χ0) is 25.9. The van der Waals surface area contributed by atoms with Crippen LogP contribution in [0.2, 0.25) is 0 Å². The second-order valence-electron chi connectivity index (χ2n) is 11.6. The molecule has 3 fully saturated rings. The minimum absolute atomic E-state index is 0.169. The molecule has 0 N–H and O–H groups in total. The lowest BCUT2D eigenvalue weighted by Gasteiger charge is -2.50. The van der Waals surface area contributed by atoms with E-state index in [1.165, 1.54) is 12.8 Å². The standard InChI is InChI=1S/C29H43BrN3O3/c1-5-36-31-27(23-8-12-25(30)13-9-23)22-6-10-24(11-7-22)29(4)15-18-32(19-16-29)28(34)26-20(2)14-17-33(35)21(26)3/h8-9,12-13,20-22,24,26H,5-7,10-11,14-19H2,1-4H3/q-1/b31-27-/t20-,21?,22?,24?,26?/m0/s1. The highest BCUT2D eigenvalue weighted by atomic mass is 79.9. The van der Waals surface area contributed by atoms with Gasteiger partial charge in [0, 0.05) is 29.5 Å². The SMILES string of the molecule is CCO/N=C(\c1ccc(Br)cc1)C1CCC(C2(C)CCN(C(=O)C3C(C)N([O-])CC[C@@H]3C)CC2)CC1. The largest absolute Gasteiger partial charge is 0.785 e. The number of carbonyl (C=O) groups excluding carboxylic acids is 1. The molecule has 1 aromatic rings. The van der Waals surface area contributed by atoms with Gasteiger partial charge in [-0.05, 0) is 100 Å². The van der Waals surface area contributed by atoms with E-state index in [2.05, 4.69) is 64.1 Å². The summed E-state index contributed by atoms with van der Waals surface area (Å²) in [6, 6.07) is 8.18. The Morgan fingerprint density at radius 2 is 1.72 bits per heavy atom. The number of hydrogen-bond donors (Lipinski definition) is 0. The van der Waals surface area contributed by atoms with Crippen molar-refractivity contribution in [2.45, 2.75) is 78.7 Å². The molecule has 36 heavy (non-hydrogen) atoms. The van der Waals surface area contributed by atoms with Gasteiger partial charge in [0.2, 0.25) is 5.91 Å². The number of amides is 1. The fourth-order valence-electron chi connectivity index (χ4n) is 6.86. The van der Waals surface area contributed by atoms with Crippen LogP contribution < -0.4 is 0 Å². The molecule has 0 radical (unpaired) electrons. The molecular weight excluding hydrogens is 518 g/mol. The van der Waals surface area contributed by atoms with Gasteiger partial charge >= 0.3 is 0 Å². The van der Waals surface area contributed by atoms with Gasteiger partial charge in [0.25, 0.3) is 0 Å². The van der Waals surface area contributed by atoms with Crippen molar-refractivity contribution in [3.63, 3.8) is 0 Å². The number of hydrogen-bond acceptors (Lipinski definition) is 5. The van der Waals surface area contributed by atoms with Crippen molar-refractivity contribution < 1.29 is 9.63 Å². The smallest absolute Gasteiger partial charge is 0.227 e. The second-order valence-corrected chi connectivity index (χ2v) is 12.5. The van der Waals surface area contributed by atoms with Gasteiger partial charge in [-0.1, -0.05) is 47.1 Å². The number of nitrogens with zero attached hydrogens (tertiary/aromatic N) is 3. The molecule has 2 saturated heterocycles. The lowest BCUT2D eigenvalue weighted by molar-refractivity contribution is -0.144. The van der Waals surface area contributed by atoms with Crippen LogP contribution in [0.3, 0.4) is 0 Å². The lowest BCUT2D eigenvalue weighted by Crippen LogP contribution is -2.54. The highest BCUT2D eigenvalue weighted by Gasteiger charge is 2.43. The molecule has 1 aromatic carbocycles. The summed E-state index contributed by atoms with van der Waals surface area (Å²) in [7, 11) is 0. The average Bonchev–Trinajstić information content (AvgIpc) is 2.88. The zero-order valence-electron chi connectivity index (χ0n) is 22.4. The first kappa shape index (κ1) is 27.6. The molecule has 200 valence electrons. The Balaban J connectivity index is 1.34. The lowest BCUT2D eigenvalue weighted by atomic mass is 9.63. The summed E-state index contributed by atoms with van der Waals surface area (Å²) in [5, 5.41) is 17.9. The molecule has 0 bridgehead atoms. The van der Waals surface area contributed by atoms with Crippen LogP contribution in [0.5, 0.6) is 0 Å². The molecule has 2 heterocycles. The predicted molar refractivity (Wildman–Crippen MR) is 148 cm³/mol. The number of rotatable bonds is 6. The van der Waals surface area contributed by atoms with E-state index in [0.717, 1.165) is 66.0 Å². The molecule has 0 aromatic heterocycles. The Kier molecular flexibility index (Phi) is 9.16. The third-order valence-corrected chi connectivity index (χ3v) is 9.95. The van der Waals surface area contributed by atoms with E-state index in [9.17, 15) is 10.0 Å². The van der Waals surface area contributed by atoms with Gasteiger partial charge in [0.1, 0.15) is 6.61 Å².